The van der Waals surface area contributed by atoms with E-state index in [1.165, 1.54) is 0 Å². The zero-order valence-corrected chi connectivity index (χ0v) is 16.5. The first kappa shape index (κ1) is 20.6. The lowest BCUT2D eigenvalue weighted by molar-refractivity contribution is 0.241. The van der Waals surface area contributed by atoms with Crippen LogP contribution in [-0.4, -0.2) is 58.7 Å². The van der Waals surface area contributed by atoms with Crippen molar-refractivity contribution < 1.29 is 4.74 Å². The van der Waals surface area contributed by atoms with Gasteiger partial charge in [-0.2, -0.15) is 0 Å². The van der Waals surface area contributed by atoms with Gasteiger partial charge in [-0.25, -0.2) is 0 Å². The summed E-state index contributed by atoms with van der Waals surface area (Å²) in [6.07, 6.45) is 0.824. The number of nitrogens with one attached hydrogen (secondary N) is 2. The molecule has 1 aromatic carbocycles. The Morgan fingerprint density at radius 1 is 1.29 bits per heavy atom. The van der Waals surface area contributed by atoms with Crippen LogP contribution >= 0.6 is 11.6 Å². The van der Waals surface area contributed by atoms with Crippen molar-refractivity contribution in [3.8, 4) is 5.75 Å². The molecule has 5 nitrogen and oxygen atoms in total. The van der Waals surface area contributed by atoms with Gasteiger partial charge in [-0.05, 0) is 43.6 Å². The lowest BCUT2D eigenvalue weighted by Crippen LogP contribution is -2.45. The van der Waals surface area contributed by atoms with Crippen LogP contribution in [0.5, 0.6) is 5.75 Å². The highest BCUT2D eigenvalue weighted by Crippen LogP contribution is 2.22. The van der Waals surface area contributed by atoms with Crippen molar-refractivity contribution in [2.45, 2.75) is 20.3 Å². The summed E-state index contributed by atoms with van der Waals surface area (Å²) in [5.41, 5.74) is 1.26. The molecule has 0 saturated carbocycles. The minimum Gasteiger partial charge on any atom is -0.497 e. The molecule has 1 aromatic rings. The molecule has 0 atom stereocenters. The van der Waals surface area contributed by atoms with Gasteiger partial charge in [0.1, 0.15) is 5.75 Å². The Hall–Kier alpha value is -1.46. The minimum atomic E-state index is 0.167. The van der Waals surface area contributed by atoms with Crippen molar-refractivity contribution in [3.05, 3.63) is 28.8 Å². The second-order valence-corrected chi connectivity index (χ2v) is 7.37. The number of benzene rings is 1. The van der Waals surface area contributed by atoms with Crippen LogP contribution in [-0.2, 0) is 6.42 Å². The number of methoxy groups -OCH3 is 1. The zero-order chi connectivity index (χ0) is 18.2. The predicted molar refractivity (Wildman–Crippen MR) is 103 cm³/mol. The minimum absolute atomic E-state index is 0.167. The Balaban J connectivity index is 2.45. The Morgan fingerprint density at radius 2 is 2.00 bits per heavy atom. The molecule has 0 aliphatic rings. The van der Waals surface area contributed by atoms with Crippen LogP contribution in [0.15, 0.2) is 23.2 Å². The molecule has 0 aromatic heterocycles. The first-order valence-electron chi connectivity index (χ1n) is 8.19. The summed E-state index contributed by atoms with van der Waals surface area (Å²) < 4.78 is 5.17. The molecule has 6 heteroatoms. The number of nitrogens with zero attached hydrogens (tertiary/aromatic N) is 2. The molecule has 0 bridgehead atoms. The van der Waals surface area contributed by atoms with E-state index < -0.39 is 0 Å². The van der Waals surface area contributed by atoms with E-state index in [4.69, 9.17) is 16.3 Å². The van der Waals surface area contributed by atoms with Gasteiger partial charge < -0.3 is 20.3 Å². The van der Waals surface area contributed by atoms with Crippen LogP contribution in [0.25, 0.3) is 0 Å². The van der Waals surface area contributed by atoms with Crippen LogP contribution < -0.4 is 15.4 Å². The summed E-state index contributed by atoms with van der Waals surface area (Å²) >= 11 is 6.27. The second kappa shape index (κ2) is 9.74. The zero-order valence-electron chi connectivity index (χ0n) is 15.7. The normalized spacial score (nSPS) is 12.4. The van der Waals surface area contributed by atoms with Crippen molar-refractivity contribution in [2.75, 3.05) is 47.9 Å². The number of guanidine groups is 1. The summed E-state index contributed by atoms with van der Waals surface area (Å²) in [4.78, 5) is 6.48. The van der Waals surface area contributed by atoms with Crippen molar-refractivity contribution in [1.29, 1.82) is 0 Å². The standard InChI is InChI=1S/C18H31ClN4O/c1-18(2,13-23(4)5)12-22-17(20-3)21-10-9-14-7-8-15(24-6)11-16(14)19/h7-8,11H,9-10,12-13H2,1-6H3,(H2,20,21,22). The van der Waals surface area contributed by atoms with Crippen LogP contribution in [0.1, 0.15) is 19.4 Å². The second-order valence-electron chi connectivity index (χ2n) is 6.96. The largest absolute Gasteiger partial charge is 0.497 e. The molecule has 0 fully saturated rings. The summed E-state index contributed by atoms with van der Waals surface area (Å²) in [5, 5.41) is 7.46. The molecule has 0 aliphatic heterocycles. The molecule has 0 saturated heterocycles. The molecule has 0 aliphatic carbocycles. The van der Waals surface area contributed by atoms with Gasteiger partial charge in [-0.1, -0.05) is 31.5 Å². The van der Waals surface area contributed by atoms with Gasteiger partial charge in [0.15, 0.2) is 5.96 Å². The maximum atomic E-state index is 6.27. The molecule has 0 unspecified atom stereocenters. The molecule has 136 valence electrons. The van der Waals surface area contributed by atoms with E-state index in [-0.39, 0.29) is 5.41 Å². The fourth-order valence-corrected chi connectivity index (χ4v) is 2.89. The highest BCUT2D eigenvalue weighted by Gasteiger charge is 2.19. The third-order valence-electron chi connectivity index (χ3n) is 3.65. The maximum Gasteiger partial charge on any atom is 0.191 e. The average molecular weight is 355 g/mol. The molecule has 24 heavy (non-hydrogen) atoms. The van der Waals surface area contributed by atoms with E-state index in [1.54, 1.807) is 14.2 Å². The van der Waals surface area contributed by atoms with E-state index in [0.717, 1.165) is 48.4 Å². The van der Waals surface area contributed by atoms with Crippen LogP contribution in [0, 0.1) is 5.41 Å². The van der Waals surface area contributed by atoms with Crippen molar-refractivity contribution >= 4 is 17.6 Å². The third-order valence-corrected chi connectivity index (χ3v) is 4.00. The van der Waals surface area contributed by atoms with Crippen molar-refractivity contribution in [1.82, 2.24) is 15.5 Å². The first-order valence-corrected chi connectivity index (χ1v) is 8.57. The topological polar surface area (TPSA) is 48.9 Å². The highest BCUT2D eigenvalue weighted by molar-refractivity contribution is 6.31. The van der Waals surface area contributed by atoms with E-state index in [2.05, 4.69) is 48.5 Å². The molecular formula is C18H31ClN4O. The fraction of sp³-hybridized carbons (Fsp3) is 0.611. The van der Waals surface area contributed by atoms with E-state index in [9.17, 15) is 0 Å². The van der Waals surface area contributed by atoms with Gasteiger partial charge in [-0.15, -0.1) is 0 Å². The number of halogens is 1. The summed E-state index contributed by atoms with van der Waals surface area (Å²) in [5.74, 6) is 1.59. The summed E-state index contributed by atoms with van der Waals surface area (Å²) in [6, 6.07) is 5.77. The van der Waals surface area contributed by atoms with Gasteiger partial charge in [0.2, 0.25) is 0 Å². The van der Waals surface area contributed by atoms with Crippen LogP contribution in [0.2, 0.25) is 5.02 Å². The smallest absolute Gasteiger partial charge is 0.191 e. The van der Waals surface area contributed by atoms with Gasteiger partial charge >= 0.3 is 0 Å². The number of hydrogen-bond donors (Lipinski definition) is 2. The number of aliphatic imine (C=N–C) groups is 1. The monoisotopic (exact) mass is 354 g/mol. The van der Waals surface area contributed by atoms with Crippen LogP contribution in [0.4, 0.5) is 0 Å². The van der Waals surface area contributed by atoms with Crippen LogP contribution in [0.3, 0.4) is 0 Å². The lowest BCUT2D eigenvalue weighted by atomic mass is 9.93. The SMILES string of the molecule is CN=C(NCCc1ccc(OC)cc1Cl)NCC(C)(C)CN(C)C. The first-order chi connectivity index (χ1) is 11.3. The van der Waals surface area contributed by atoms with E-state index in [1.807, 2.05) is 18.2 Å². The highest BCUT2D eigenvalue weighted by atomic mass is 35.5. The quantitative estimate of drug-likeness (QED) is 0.556. The fourth-order valence-electron chi connectivity index (χ4n) is 2.63. The van der Waals surface area contributed by atoms with E-state index in [0.29, 0.717) is 0 Å². The third kappa shape index (κ3) is 7.41. The number of rotatable bonds is 8. The molecule has 0 spiro atoms. The molecular weight excluding hydrogens is 324 g/mol. The van der Waals surface area contributed by atoms with Crippen molar-refractivity contribution in [3.63, 3.8) is 0 Å². The Kier molecular flexibility index (Phi) is 8.36. The van der Waals surface area contributed by atoms with E-state index >= 15 is 0 Å². The van der Waals surface area contributed by atoms with Gasteiger partial charge in [0.25, 0.3) is 0 Å². The molecule has 0 radical (unpaired) electrons. The molecule has 2 N–H and O–H groups in total. The van der Waals surface area contributed by atoms with Gasteiger partial charge in [-0.3, -0.25) is 4.99 Å². The van der Waals surface area contributed by atoms with Crippen molar-refractivity contribution in [2.24, 2.45) is 10.4 Å². The Bertz CT molecular complexity index is 544. The molecule has 1 rings (SSSR count). The molecule has 0 amide bonds. The summed E-state index contributed by atoms with van der Waals surface area (Å²) in [7, 11) is 7.61. The van der Waals surface area contributed by atoms with Gasteiger partial charge in [0.05, 0.1) is 7.11 Å². The number of hydrogen-bond acceptors (Lipinski definition) is 3. The van der Waals surface area contributed by atoms with Gasteiger partial charge in [0, 0.05) is 31.7 Å². The Labute approximate surface area is 151 Å². The predicted octanol–water partition coefficient (Wildman–Crippen LogP) is 2.64. The molecule has 0 heterocycles. The Morgan fingerprint density at radius 3 is 2.54 bits per heavy atom. The number of ether oxygens (including phenoxy) is 1. The summed E-state index contributed by atoms with van der Waals surface area (Å²) in [6.45, 7) is 7.11. The maximum absolute atomic E-state index is 6.27. The average Bonchev–Trinajstić information content (AvgIpc) is 2.50. The lowest BCUT2D eigenvalue weighted by Gasteiger charge is -2.29.